The van der Waals surface area contributed by atoms with Crippen LogP contribution in [0.3, 0.4) is 0 Å². The van der Waals surface area contributed by atoms with Crippen LogP contribution in [0, 0.1) is 5.92 Å². The van der Waals surface area contributed by atoms with E-state index >= 15 is 0 Å². The van der Waals surface area contributed by atoms with E-state index < -0.39 is 10.0 Å². The molecule has 4 heteroatoms. The molecule has 1 heterocycles. The Labute approximate surface area is 55.5 Å². The predicted octanol–water partition coefficient (Wildman–Crippen LogP) is -0.0560. The molecule has 0 bridgehead atoms. The normalized spacial score (nSPS) is 41.1. The fourth-order valence-corrected chi connectivity index (χ4v) is 2.32. The second kappa shape index (κ2) is 1.95. The number of nitrogens with one attached hydrogen (secondary N) is 1. The fraction of sp³-hybridized carbons (Fsp3) is 1.00. The van der Waals surface area contributed by atoms with Gasteiger partial charge in [-0.1, -0.05) is 6.92 Å². The molecule has 1 rings (SSSR count). The molecule has 0 aromatic carbocycles. The van der Waals surface area contributed by atoms with Crippen LogP contribution in [0.1, 0.15) is 13.8 Å². The molecule has 1 aliphatic heterocycles. The van der Waals surface area contributed by atoms with Gasteiger partial charge in [0.05, 0.1) is 5.25 Å². The molecule has 2 unspecified atom stereocenters. The zero-order valence-corrected chi connectivity index (χ0v) is 6.40. The molecule has 0 aliphatic carbocycles. The standard InChI is InChI=1S/C5H11NO2S/c1-4-3-6-9(7,8)5(4)2/h4-6H,3H2,1-2H3. The third-order valence-electron chi connectivity index (χ3n) is 1.90. The minimum absolute atomic E-state index is 0.211. The highest BCUT2D eigenvalue weighted by Gasteiger charge is 2.32. The van der Waals surface area contributed by atoms with Crippen molar-refractivity contribution in [1.29, 1.82) is 0 Å². The van der Waals surface area contributed by atoms with Crippen LogP contribution < -0.4 is 4.72 Å². The summed E-state index contributed by atoms with van der Waals surface area (Å²) in [6.45, 7) is 4.27. The van der Waals surface area contributed by atoms with E-state index in [0.717, 1.165) is 0 Å². The average Bonchev–Trinajstić information content (AvgIpc) is 1.97. The first-order chi connectivity index (χ1) is 4.04. The van der Waals surface area contributed by atoms with Gasteiger partial charge in [0.1, 0.15) is 0 Å². The van der Waals surface area contributed by atoms with Crippen molar-refractivity contribution in [3.63, 3.8) is 0 Å². The predicted molar refractivity (Wildman–Crippen MR) is 35.5 cm³/mol. The fourth-order valence-electron chi connectivity index (χ4n) is 0.851. The van der Waals surface area contributed by atoms with Crippen LogP contribution in [0.5, 0.6) is 0 Å². The van der Waals surface area contributed by atoms with Crippen LogP contribution in [0.25, 0.3) is 0 Å². The highest BCUT2D eigenvalue weighted by molar-refractivity contribution is 7.90. The first-order valence-electron chi connectivity index (χ1n) is 3.02. The Balaban J connectivity index is 2.87. The van der Waals surface area contributed by atoms with Crippen molar-refractivity contribution in [3.8, 4) is 0 Å². The minimum Gasteiger partial charge on any atom is -0.215 e. The van der Waals surface area contributed by atoms with E-state index in [9.17, 15) is 8.42 Å². The van der Waals surface area contributed by atoms with E-state index in [2.05, 4.69) is 4.72 Å². The summed E-state index contributed by atoms with van der Waals surface area (Å²) in [5.41, 5.74) is 0. The summed E-state index contributed by atoms with van der Waals surface area (Å²) in [5, 5.41) is -0.211. The topological polar surface area (TPSA) is 46.2 Å². The van der Waals surface area contributed by atoms with Crippen molar-refractivity contribution < 1.29 is 8.42 Å². The Bertz CT molecular complexity index is 197. The lowest BCUT2D eigenvalue weighted by molar-refractivity contribution is 0.572. The van der Waals surface area contributed by atoms with Crippen molar-refractivity contribution in [2.75, 3.05) is 6.54 Å². The lowest BCUT2D eigenvalue weighted by Gasteiger charge is -2.03. The number of sulfonamides is 1. The molecule has 1 N–H and O–H groups in total. The van der Waals surface area contributed by atoms with Gasteiger partial charge < -0.3 is 0 Å². The van der Waals surface area contributed by atoms with E-state index in [1.807, 2.05) is 6.92 Å². The monoisotopic (exact) mass is 149 g/mol. The van der Waals surface area contributed by atoms with Gasteiger partial charge in [0.2, 0.25) is 10.0 Å². The van der Waals surface area contributed by atoms with Gasteiger partial charge in [0.25, 0.3) is 0 Å². The summed E-state index contributed by atoms with van der Waals surface area (Å²) in [4.78, 5) is 0. The van der Waals surface area contributed by atoms with Crippen molar-refractivity contribution in [2.45, 2.75) is 19.1 Å². The molecule has 0 saturated carbocycles. The third-order valence-corrected chi connectivity index (χ3v) is 3.91. The molecule has 3 nitrogen and oxygen atoms in total. The van der Waals surface area contributed by atoms with E-state index in [-0.39, 0.29) is 11.2 Å². The van der Waals surface area contributed by atoms with Gasteiger partial charge in [-0.3, -0.25) is 0 Å². The largest absolute Gasteiger partial charge is 0.215 e. The molecule has 9 heavy (non-hydrogen) atoms. The van der Waals surface area contributed by atoms with Crippen LogP contribution >= 0.6 is 0 Å². The molecular weight excluding hydrogens is 138 g/mol. The number of hydrogen-bond donors (Lipinski definition) is 1. The van der Waals surface area contributed by atoms with Gasteiger partial charge in [-0.2, -0.15) is 0 Å². The first kappa shape index (κ1) is 7.02. The van der Waals surface area contributed by atoms with Gasteiger partial charge in [-0.05, 0) is 12.8 Å². The Morgan fingerprint density at radius 3 is 2.11 bits per heavy atom. The summed E-state index contributed by atoms with van der Waals surface area (Å²) in [6.07, 6.45) is 0. The molecule has 0 aromatic rings. The van der Waals surface area contributed by atoms with Gasteiger partial charge in [-0.25, -0.2) is 13.1 Å². The van der Waals surface area contributed by atoms with Gasteiger partial charge in [-0.15, -0.1) is 0 Å². The van der Waals surface area contributed by atoms with Crippen LogP contribution in [-0.2, 0) is 10.0 Å². The van der Waals surface area contributed by atoms with E-state index in [4.69, 9.17) is 0 Å². The molecule has 0 radical (unpaired) electrons. The quantitative estimate of drug-likeness (QED) is 0.524. The molecule has 1 fully saturated rings. The second-order valence-electron chi connectivity index (χ2n) is 2.58. The second-order valence-corrected chi connectivity index (χ2v) is 4.70. The molecule has 54 valence electrons. The zero-order valence-electron chi connectivity index (χ0n) is 5.59. The van der Waals surface area contributed by atoms with Crippen molar-refractivity contribution in [3.05, 3.63) is 0 Å². The van der Waals surface area contributed by atoms with Gasteiger partial charge in [0.15, 0.2) is 0 Å². The third kappa shape index (κ3) is 1.09. The van der Waals surface area contributed by atoms with Gasteiger partial charge in [0, 0.05) is 6.54 Å². The van der Waals surface area contributed by atoms with Crippen molar-refractivity contribution >= 4 is 10.0 Å². The Kier molecular flexibility index (Phi) is 1.52. The summed E-state index contributed by atoms with van der Waals surface area (Å²) in [6, 6.07) is 0. The highest BCUT2D eigenvalue weighted by atomic mass is 32.2. The molecular formula is C5H11NO2S. The molecule has 1 saturated heterocycles. The Hall–Kier alpha value is -0.0900. The van der Waals surface area contributed by atoms with Crippen LogP contribution in [0.4, 0.5) is 0 Å². The maximum absolute atomic E-state index is 10.9. The number of rotatable bonds is 0. The summed E-state index contributed by atoms with van der Waals surface area (Å²) in [5.74, 6) is 0.259. The molecule has 0 amide bonds. The summed E-state index contributed by atoms with van der Waals surface area (Å²) < 4.78 is 24.2. The van der Waals surface area contributed by atoms with Gasteiger partial charge >= 0.3 is 0 Å². The van der Waals surface area contributed by atoms with Crippen molar-refractivity contribution in [1.82, 2.24) is 4.72 Å². The molecule has 1 aliphatic rings. The molecule has 2 atom stereocenters. The van der Waals surface area contributed by atoms with Crippen LogP contribution in [0.15, 0.2) is 0 Å². The maximum atomic E-state index is 10.9. The number of hydrogen-bond acceptors (Lipinski definition) is 2. The van der Waals surface area contributed by atoms with E-state index in [0.29, 0.717) is 6.54 Å². The van der Waals surface area contributed by atoms with Crippen molar-refractivity contribution in [2.24, 2.45) is 5.92 Å². The molecule has 0 aromatic heterocycles. The summed E-state index contributed by atoms with van der Waals surface area (Å²) in [7, 11) is -2.92. The van der Waals surface area contributed by atoms with Crippen LogP contribution in [0.2, 0.25) is 0 Å². The SMILES string of the molecule is CC1CNS(=O)(=O)C1C. The van der Waals surface area contributed by atoms with E-state index in [1.54, 1.807) is 6.92 Å². The Morgan fingerprint density at radius 1 is 1.44 bits per heavy atom. The minimum atomic E-state index is -2.92. The maximum Gasteiger partial charge on any atom is 0.214 e. The van der Waals surface area contributed by atoms with E-state index in [1.165, 1.54) is 0 Å². The zero-order chi connectivity index (χ0) is 7.07. The van der Waals surface area contributed by atoms with Crippen LogP contribution in [-0.4, -0.2) is 20.2 Å². The summed E-state index contributed by atoms with van der Waals surface area (Å²) >= 11 is 0. The Morgan fingerprint density at radius 2 is 2.00 bits per heavy atom. The molecule has 0 spiro atoms. The average molecular weight is 149 g/mol. The highest BCUT2D eigenvalue weighted by Crippen LogP contribution is 2.16. The first-order valence-corrected chi connectivity index (χ1v) is 4.57. The lowest BCUT2D eigenvalue weighted by Crippen LogP contribution is -2.21. The smallest absolute Gasteiger partial charge is 0.214 e. The lowest BCUT2D eigenvalue weighted by atomic mass is 10.1.